The van der Waals surface area contributed by atoms with E-state index in [1.165, 1.54) is 0 Å². The summed E-state index contributed by atoms with van der Waals surface area (Å²) < 4.78 is 1.85. The molecule has 0 radical (unpaired) electrons. The lowest BCUT2D eigenvalue weighted by molar-refractivity contribution is 0.659. The number of fused-ring (bicyclic) bond motifs is 1. The van der Waals surface area contributed by atoms with Gasteiger partial charge in [0.25, 0.3) is 5.56 Å². The van der Waals surface area contributed by atoms with Crippen LogP contribution in [0.4, 0.5) is 11.5 Å². The van der Waals surface area contributed by atoms with Crippen LogP contribution < -0.4 is 17.0 Å². The van der Waals surface area contributed by atoms with Gasteiger partial charge >= 0.3 is 0 Å². The fourth-order valence-corrected chi connectivity index (χ4v) is 2.45. The molecule has 8 heteroatoms. The fraction of sp³-hybridized carbons (Fsp3) is 0.154. The van der Waals surface area contributed by atoms with E-state index < -0.39 is 5.56 Å². The largest absolute Gasteiger partial charge is 0.391 e. The van der Waals surface area contributed by atoms with E-state index in [0.717, 1.165) is 16.9 Å². The number of nitrogens with zero attached hydrogens (tertiary/aromatic N) is 2. The van der Waals surface area contributed by atoms with Crippen molar-refractivity contribution >= 4 is 34.8 Å². The van der Waals surface area contributed by atoms with Crippen LogP contribution >= 0.6 is 12.2 Å². The molecule has 0 fully saturated rings. The standard InChI is InChI=1S/C13H14N6OS/c14-10-11(15)19(13(21)18-12(10)20)6-5-9-16-7-3-1-2-4-8(7)17-9/h1-4H,5-6,14-15H2,(H,16,17)(H,18,20,21). The van der Waals surface area contributed by atoms with Gasteiger partial charge in [0.1, 0.15) is 17.3 Å². The lowest BCUT2D eigenvalue weighted by atomic mass is 10.3. The Morgan fingerprint density at radius 3 is 2.76 bits per heavy atom. The number of aromatic nitrogens is 4. The Bertz CT molecular complexity index is 889. The summed E-state index contributed by atoms with van der Waals surface area (Å²) in [4.78, 5) is 21.7. The number of nitrogen functional groups attached to an aromatic ring is 2. The number of nitrogens with one attached hydrogen (secondary N) is 2. The van der Waals surface area contributed by atoms with E-state index in [1.807, 2.05) is 24.3 Å². The lowest BCUT2D eigenvalue weighted by Gasteiger charge is -2.10. The molecule has 1 aromatic carbocycles. The second-order valence-electron chi connectivity index (χ2n) is 4.66. The third kappa shape index (κ3) is 2.40. The Labute approximate surface area is 124 Å². The molecule has 0 aliphatic rings. The minimum absolute atomic E-state index is 0.0202. The van der Waals surface area contributed by atoms with E-state index in [1.54, 1.807) is 4.57 Å². The molecule has 6 N–H and O–H groups in total. The number of hydrogen-bond acceptors (Lipinski definition) is 5. The van der Waals surface area contributed by atoms with E-state index in [-0.39, 0.29) is 16.3 Å². The van der Waals surface area contributed by atoms with Gasteiger partial charge in [-0.2, -0.15) is 0 Å². The minimum atomic E-state index is -0.461. The van der Waals surface area contributed by atoms with Crippen molar-refractivity contribution < 1.29 is 0 Å². The number of aryl methyl sites for hydroxylation is 1. The van der Waals surface area contributed by atoms with Gasteiger partial charge in [-0.25, -0.2) is 4.98 Å². The third-order valence-corrected chi connectivity index (χ3v) is 3.61. The molecule has 3 aromatic rings. The Kier molecular flexibility index (Phi) is 3.22. The van der Waals surface area contributed by atoms with Crippen molar-refractivity contribution in [2.75, 3.05) is 11.5 Å². The average molecular weight is 302 g/mol. The molecule has 0 saturated heterocycles. The van der Waals surface area contributed by atoms with Gasteiger partial charge in [0.2, 0.25) is 0 Å². The zero-order valence-electron chi connectivity index (χ0n) is 11.1. The summed E-state index contributed by atoms with van der Waals surface area (Å²) in [6, 6.07) is 7.78. The SMILES string of the molecule is Nc1c(N)n(CCc2nc3ccccc3[nH]2)c(=S)[nH]c1=O. The highest BCUT2D eigenvalue weighted by atomic mass is 32.1. The fourth-order valence-electron chi connectivity index (χ4n) is 2.17. The predicted molar refractivity (Wildman–Crippen MR) is 84.5 cm³/mol. The van der Waals surface area contributed by atoms with Gasteiger partial charge in [-0.05, 0) is 24.4 Å². The van der Waals surface area contributed by atoms with Crippen molar-refractivity contribution in [2.45, 2.75) is 13.0 Å². The van der Waals surface area contributed by atoms with Crippen molar-refractivity contribution in [3.05, 3.63) is 45.2 Å². The van der Waals surface area contributed by atoms with Gasteiger partial charge in [0.15, 0.2) is 4.77 Å². The molecular formula is C13H14N6OS. The number of aromatic amines is 2. The smallest absolute Gasteiger partial charge is 0.277 e. The summed E-state index contributed by atoms with van der Waals surface area (Å²) in [5.74, 6) is 1.00. The summed E-state index contributed by atoms with van der Waals surface area (Å²) >= 11 is 5.11. The lowest BCUT2D eigenvalue weighted by Crippen LogP contribution is -2.22. The Morgan fingerprint density at radius 2 is 2.00 bits per heavy atom. The van der Waals surface area contributed by atoms with Gasteiger partial charge in [0.05, 0.1) is 11.0 Å². The van der Waals surface area contributed by atoms with Crippen LogP contribution in [0.1, 0.15) is 5.82 Å². The van der Waals surface area contributed by atoms with Gasteiger partial charge < -0.3 is 21.0 Å². The van der Waals surface area contributed by atoms with Crippen LogP contribution in [0.15, 0.2) is 29.1 Å². The molecule has 0 bridgehead atoms. The Balaban J connectivity index is 1.90. The summed E-state index contributed by atoms with van der Waals surface area (Å²) in [6.07, 6.45) is 0.596. The molecule has 0 spiro atoms. The predicted octanol–water partition coefficient (Wildman–Crippen LogP) is 1.19. The van der Waals surface area contributed by atoms with E-state index >= 15 is 0 Å². The topological polar surface area (TPSA) is 119 Å². The highest BCUT2D eigenvalue weighted by Crippen LogP contribution is 2.13. The Morgan fingerprint density at radius 1 is 1.24 bits per heavy atom. The molecule has 108 valence electrons. The minimum Gasteiger partial charge on any atom is -0.391 e. The molecule has 0 amide bonds. The summed E-state index contributed by atoms with van der Waals surface area (Å²) in [6.45, 7) is 0.478. The number of para-hydroxylation sites is 2. The number of hydrogen-bond donors (Lipinski definition) is 4. The molecule has 0 aliphatic carbocycles. The maximum Gasteiger partial charge on any atom is 0.277 e. The van der Waals surface area contributed by atoms with E-state index in [4.69, 9.17) is 23.7 Å². The number of nitrogens with two attached hydrogens (primary N) is 2. The number of H-pyrrole nitrogens is 2. The normalized spacial score (nSPS) is 11.0. The van der Waals surface area contributed by atoms with Crippen molar-refractivity contribution in [3.63, 3.8) is 0 Å². The number of benzene rings is 1. The monoisotopic (exact) mass is 302 g/mol. The van der Waals surface area contributed by atoms with E-state index in [9.17, 15) is 4.79 Å². The summed E-state index contributed by atoms with van der Waals surface area (Å²) in [5, 5.41) is 0. The van der Waals surface area contributed by atoms with Crippen LogP contribution in [0.2, 0.25) is 0 Å². The zero-order chi connectivity index (χ0) is 15.0. The average Bonchev–Trinajstić information content (AvgIpc) is 2.87. The van der Waals surface area contributed by atoms with Gasteiger partial charge in [-0.15, -0.1) is 0 Å². The molecule has 0 atom stereocenters. The van der Waals surface area contributed by atoms with Crippen LogP contribution in [-0.4, -0.2) is 19.5 Å². The first-order chi connectivity index (χ1) is 10.1. The van der Waals surface area contributed by atoms with Gasteiger partial charge in [0, 0.05) is 13.0 Å². The number of anilines is 2. The highest BCUT2D eigenvalue weighted by molar-refractivity contribution is 7.71. The molecule has 2 aromatic heterocycles. The first-order valence-electron chi connectivity index (χ1n) is 6.38. The highest BCUT2D eigenvalue weighted by Gasteiger charge is 2.08. The summed E-state index contributed by atoms with van der Waals surface area (Å²) in [5.41, 5.74) is 12.9. The third-order valence-electron chi connectivity index (χ3n) is 3.29. The first kappa shape index (κ1) is 13.4. The van der Waals surface area contributed by atoms with Crippen molar-refractivity contribution in [1.82, 2.24) is 19.5 Å². The molecule has 0 unspecified atom stereocenters. The number of imidazole rings is 1. The molecule has 3 rings (SSSR count). The zero-order valence-corrected chi connectivity index (χ0v) is 11.9. The molecule has 21 heavy (non-hydrogen) atoms. The maximum atomic E-state index is 11.4. The molecule has 0 saturated carbocycles. The second kappa shape index (κ2) is 5.06. The van der Waals surface area contributed by atoms with E-state index in [2.05, 4.69) is 15.0 Å². The van der Waals surface area contributed by atoms with Gasteiger partial charge in [-0.3, -0.25) is 9.78 Å². The van der Waals surface area contributed by atoms with E-state index in [0.29, 0.717) is 13.0 Å². The second-order valence-corrected chi connectivity index (χ2v) is 5.05. The quantitative estimate of drug-likeness (QED) is 0.542. The number of rotatable bonds is 3. The Hall–Kier alpha value is -2.61. The van der Waals surface area contributed by atoms with Crippen LogP contribution in [0, 0.1) is 4.77 Å². The molecule has 2 heterocycles. The van der Waals surface area contributed by atoms with Gasteiger partial charge in [-0.1, -0.05) is 12.1 Å². The van der Waals surface area contributed by atoms with Crippen LogP contribution in [0.3, 0.4) is 0 Å². The molecular weight excluding hydrogens is 288 g/mol. The molecule has 7 nitrogen and oxygen atoms in total. The van der Waals surface area contributed by atoms with Crippen LogP contribution in [0.25, 0.3) is 11.0 Å². The first-order valence-corrected chi connectivity index (χ1v) is 6.79. The van der Waals surface area contributed by atoms with Crippen molar-refractivity contribution in [3.8, 4) is 0 Å². The van der Waals surface area contributed by atoms with Crippen molar-refractivity contribution in [1.29, 1.82) is 0 Å². The maximum absolute atomic E-state index is 11.4. The van der Waals surface area contributed by atoms with Crippen LogP contribution in [0.5, 0.6) is 0 Å². The molecule has 0 aliphatic heterocycles. The summed E-state index contributed by atoms with van der Waals surface area (Å²) in [7, 11) is 0. The van der Waals surface area contributed by atoms with Crippen molar-refractivity contribution in [2.24, 2.45) is 0 Å². The van der Waals surface area contributed by atoms with Crippen LogP contribution in [-0.2, 0) is 13.0 Å².